The van der Waals surface area contributed by atoms with Crippen molar-refractivity contribution >= 4 is 5.96 Å². The number of aromatic nitrogens is 1. The summed E-state index contributed by atoms with van der Waals surface area (Å²) < 4.78 is 8.06. The van der Waals surface area contributed by atoms with Gasteiger partial charge in [0.25, 0.3) is 0 Å². The lowest BCUT2D eigenvalue weighted by atomic mass is 10.1. The van der Waals surface area contributed by atoms with Crippen molar-refractivity contribution in [3.8, 4) is 0 Å². The van der Waals surface area contributed by atoms with E-state index in [1.807, 2.05) is 17.8 Å². The second kappa shape index (κ2) is 10.3. The van der Waals surface area contributed by atoms with E-state index in [1.165, 1.54) is 44.1 Å². The Morgan fingerprint density at radius 3 is 2.70 bits per heavy atom. The number of nitrogens with one attached hydrogen (secondary N) is 2. The summed E-state index contributed by atoms with van der Waals surface area (Å²) in [6.07, 6.45) is 12.4. The lowest BCUT2D eigenvalue weighted by Crippen LogP contribution is -2.39. The molecule has 2 rings (SSSR count). The van der Waals surface area contributed by atoms with Crippen molar-refractivity contribution in [2.45, 2.75) is 58.1 Å². The Hall–Kier alpha value is -1.49. The van der Waals surface area contributed by atoms with Gasteiger partial charge in [0.2, 0.25) is 0 Å². The van der Waals surface area contributed by atoms with Crippen LogP contribution in [0.4, 0.5) is 0 Å². The summed E-state index contributed by atoms with van der Waals surface area (Å²) in [6, 6.07) is 2.10. The highest BCUT2D eigenvalue weighted by Gasteiger charge is 2.12. The third-order valence-corrected chi connectivity index (χ3v) is 4.21. The zero-order chi connectivity index (χ0) is 16.3. The van der Waals surface area contributed by atoms with Gasteiger partial charge in [-0.1, -0.05) is 25.7 Å². The second-order valence-electron chi connectivity index (χ2n) is 6.29. The van der Waals surface area contributed by atoms with Gasteiger partial charge in [-0.2, -0.15) is 0 Å². The fourth-order valence-corrected chi connectivity index (χ4v) is 2.97. The molecule has 5 heteroatoms. The molecule has 1 aromatic heterocycles. The van der Waals surface area contributed by atoms with Crippen LogP contribution in [0.3, 0.4) is 0 Å². The van der Waals surface area contributed by atoms with E-state index < -0.39 is 0 Å². The predicted octanol–water partition coefficient (Wildman–Crippen LogP) is 2.82. The number of guanidine groups is 1. The predicted molar refractivity (Wildman–Crippen MR) is 95.7 cm³/mol. The van der Waals surface area contributed by atoms with Gasteiger partial charge in [0.15, 0.2) is 5.96 Å². The van der Waals surface area contributed by atoms with Gasteiger partial charge in [-0.05, 0) is 31.4 Å². The highest BCUT2D eigenvalue weighted by Crippen LogP contribution is 2.19. The first-order chi connectivity index (χ1) is 11.3. The summed E-state index contributed by atoms with van der Waals surface area (Å²) in [5.74, 6) is 0.862. The summed E-state index contributed by atoms with van der Waals surface area (Å²) >= 11 is 0. The Morgan fingerprint density at radius 2 is 2.04 bits per heavy atom. The van der Waals surface area contributed by atoms with E-state index in [-0.39, 0.29) is 0 Å². The van der Waals surface area contributed by atoms with Crippen LogP contribution in [0.25, 0.3) is 0 Å². The van der Waals surface area contributed by atoms with Gasteiger partial charge < -0.3 is 19.9 Å². The molecule has 0 radical (unpaired) electrons. The number of aryl methyl sites for hydroxylation is 1. The van der Waals surface area contributed by atoms with Gasteiger partial charge in [-0.3, -0.25) is 0 Å². The van der Waals surface area contributed by atoms with Crippen molar-refractivity contribution in [3.05, 3.63) is 24.0 Å². The van der Waals surface area contributed by atoms with Crippen LogP contribution in [0.5, 0.6) is 0 Å². The molecule has 0 atom stereocenters. The van der Waals surface area contributed by atoms with Crippen LogP contribution in [-0.4, -0.2) is 36.3 Å². The molecule has 0 saturated heterocycles. The SMILES string of the molecule is CCNC(=NCc1ccn(C)c1)NCCOC1CCCCCC1. The van der Waals surface area contributed by atoms with Gasteiger partial charge in [-0.25, -0.2) is 4.99 Å². The molecule has 1 aliphatic carbocycles. The zero-order valence-electron chi connectivity index (χ0n) is 14.7. The molecule has 1 saturated carbocycles. The molecule has 1 heterocycles. The van der Waals surface area contributed by atoms with Crippen molar-refractivity contribution in [1.29, 1.82) is 0 Å². The molecule has 0 unspecified atom stereocenters. The monoisotopic (exact) mass is 320 g/mol. The lowest BCUT2D eigenvalue weighted by Gasteiger charge is -2.16. The largest absolute Gasteiger partial charge is 0.376 e. The molecule has 0 aromatic carbocycles. The molecule has 0 spiro atoms. The molecule has 2 N–H and O–H groups in total. The minimum atomic E-state index is 0.461. The Labute approximate surface area is 140 Å². The number of hydrogen-bond acceptors (Lipinski definition) is 2. The third-order valence-electron chi connectivity index (χ3n) is 4.21. The normalized spacial score (nSPS) is 17.0. The summed E-state index contributed by atoms with van der Waals surface area (Å²) in [6.45, 7) is 5.20. The quantitative estimate of drug-likeness (QED) is 0.351. The highest BCUT2D eigenvalue weighted by molar-refractivity contribution is 5.79. The number of ether oxygens (including phenoxy) is 1. The van der Waals surface area contributed by atoms with Gasteiger partial charge >= 0.3 is 0 Å². The smallest absolute Gasteiger partial charge is 0.191 e. The first-order valence-corrected chi connectivity index (χ1v) is 9.02. The average molecular weight is 320 g/mol. The maximum atomic E-state index is 6.01. The van der Waals surface area contributed by atoms with E-state index >= 15 is 0 Å². The fourth-order valence-electron chi connectivity index (χ4n) is 2.97. The maximum Gasteiger partial charge on any atom is 0.191 e. The van der Waals surface area contributed by atoms with Crippen LogP contribution in [-0.2, 0) is 18.3 Å². The molecule has 1 aromatic rings. The minimum Gasteiger partial charge on any atom is -0.376 e. The molecular formula is C18H32N4O. The zero-order valence-corrected chi connectivity index (χ0v) is 14.7. The maximum absolute atomic E-state index is 6.01. The van der Waals surface area contributed by atoms with Crippen molar-refractivity contribution in [1.82, 2.24) is 15.2 Å². The van der Waals surface area contributed by atoms with Gasteiger partial charge in [-0.15, -0.1) is 0 Å². The van der Waals surface area contributed by atoms with Crippen LogP contribution >= 0.6 is 0 Å². The Balaban J connectivity index is 1.69. The van der Waals surface area contributed by atoms with Crippen LogP contribution in [0, 0.1) is 0 Å². The van der Waals surface area contributed by atoms with E-state index in [2.05, 4.69) is 34.8 Å². The van der Waals surface area contributed by atoms with E-state index in [0.29, 0.717) is 12.6 Å². The van der Waals surface area contributed by atoms with Crippen LogP contribution in [0.1, 0.15) is 51.0 Å². The molecule has 0 bridgehead atoms. The molecule has 0 aliphatic heterocycles. The number of hydrogen-bond donors (Lipinski definition) is 2. The van der Waals surface area contributed by atoms with Gasteiger partial charge in [0.05, 0.1) is 19.3 Å². The molecular weight excluding hydrogens is 288 g/mol. The van der Waals surface area contributed by atoms with Crippen molar-refractivity contribution in [3.63, 3.8) is 0 Å². The molecule has 1 aliphatic rings. The second-order valence-corrected chi connectivity index (χ2v) is 6.29. The van der Waals surface area contributed by atoms with Crippen LogP contribution in [0.2, 0.25) is 0 Å². The van der Waals surface area contributed by atoms with Crippen LogP contribution < -0.4 is 10.6 Å². The molecule has 130 valence electrons. The Bertz CT molecular complexity index is 461. The number of nitrogens with zero attached hydrogens (tertiary/aromatic N) is 2. The van der Waals surface area contributed by atoms with Crippen LogP contribution in [0.15, 0.2) is 23.5 Å². The summed E-state index contributed by atoms with van der Waals surface area (Å²) in [4.78, 5) is 4.62. The third kappa shape index (κ3) is 7.08. The van der Waals surface area contributed by atoms with Gasteiger partial charge in [0.1, 0.15) is 0 Å². The number of rotatable bonds is 7. The Morgan fingerprint density at radius 1 is 1.26 bits per heavy atom. The van der Waals surface area contributed by atoms with E-state index in [4.69, 9.17) is 4.74 Å². The molecule has 1 fully saturated rings. The summed E-state index contributed by atoms with van der Waals surface area (Å²) in [5, 5.41) is 6.64. The highest BCUT2D eigenvalue weighted by atomic mass is 16.5. The minimum absolute atomic E-state index is 0.461. The molecule has 23 heavy (non-hydrogen) atoms. The average Bonchev–Trinajstić information content (AvgIpc) is 2.80. The first kappa shape index (κ1) is 17.9. The standard InChI is InChI=1S/C18H32N4O/c1-3-19-18(21-14-16-10-12-22(2)15-16)20-11-13-23-17-8-6-4-5-7-9-17/h10,12,15,17H,3-9,11,13-14H2,1-2H3,(H2,19,20,21). The van der Waals surface area contributed by atoms with Crippen molar-refractivity contribution < 1.29 is 4.74 Å². The first-order valence-electron chi connectivity index (χ1n) is 9.02. The topological polar surface area (TPSA) is 50.6 Å². The lowest BCUT2D eigenvalue weighted by molar-refractivity contribution is 0.0468. The van der Waals surface area contributed by atoms with E-state index in [0.717, 1.165) is 25.7 Å². The molecule has 5 nitrogen and oxygen atoms in total. The number of aliphatic imine (C=N–C) groups is 1. The summed E-state index contributed by atoms with van der Waals surface area (Å²) in [5.41, 5.74) is 1.22. The fraction of sp³-hybridized carbons (Fsp3) is 0.722. The van der Waals surface area contributed by atoms with E-state index in [9.17, 15) is 0 Å². The molecule has 0 amide bonds. The van der Waals surface area contributed by atoms with Gasteiger partial charge in [0, 0.05) is 32.5 Å². The van der Waals surface area contributed by atoms with Crippen molar-refractivity contribution in [2.24, 2.45) is 12.0 Å². The summed E-state index contributed by atoms with van der Waals surface area (Å²) in [7, 11) is 2.03. The Kier molecular flexibility index (Phi) is 8.01. The van der Waals surface area contributed by atoms with Crippen molar-refractivity contribution in [2.75, 3.05) is 19.7 Å². The van der Waals surface area contributed by atoms with E-state index in [1.54, 1.807) is 0 Å².